The quantitative estimate of drug-likeness (QED) is 0.615. The summed E-state index contributed by atoms with van der Waals surface area (Å²) in [5.74, 6) is 0.592. The first kappa shape index (κ1) is 25.2. The Kier molecular flexibility index (Phi) is 6.91. The summed E-state index contributed by atoms with van der Waals surface area (Å²) in [7, 11) is 4.31. The van der Waals surface area contributed by atoms with Gasteiger partial charge in [-0.05, 0) is 76.2 Å². The lowest BCUT2D eigenvalue weighted by molar-refractivity contribution is -0.116. The van der Waals surface area contributed by atoms with Crippen molar-refractivity contribution in [1.82, 2.24) is 19.7 Å². The van der Waals surface area contributed by atoms with E-state index in [1.54, 1.807) is 23.1 Å². The summed E-state index contributed by atoms with van der Waals surface area (Å²) in [6, 6.07) is 17.6. The van der Waals surface area contributed by atoms with E-state index < -0.39 is 0 Å². The first-order chi connectivity index (χ1) is 17.8. The number of nitrogens with one attached hydrogen (secondary N) is 1. The Bertz CT molecular complexity index is 1180. The van der Waals surface area contributed by atoms with Gasteiger partial charge in [0.15, 0.2) is 0 Å². The van der Waals surface area contributed by atoms with Crippen LogP contribution in [0.3, 0.4) is 0 Å². The van der Waals surface area contributed by atoms with Gasteiger partial charge >= 0.3 is 6.03 Å². The minimum Gasteiger partial charge on any atom is -0.317 e. The van der Waals surface area contributed by atoms with E-state index in [0.717, 1.165) is 32.2 Å². The summed E-state index contributed by atoms with van der Waals surface area (Å²) in [5, 5.41) is 11.8. The molecule has 1 N–H and O–H groups in total. The summed E-state index contributed by atoms with van der Waals surface area (Å²) in [6.07, 6.45) is 7.32. The zero-order chi connectivity index (χ0) is 26.0. The maximum atomic E-state index is 13.7. The second kappa shape index (κ2) is 10.1. The van der Waals surface area contributed by atoms with Gasteiger partial charge in [-0.25, -0.2) is 9.78 Å². The van der Waals surface area contributed by atoms with E-state index >= 15 is 0 Å². The molecule has 0 bridgehead atoms. The van der Waals surface area contributed by atoms with Crippen LogP contribution in [0.1, 0.15) is 56.2 Å². The van der Waals surface area contributed by atoms with Crippen LogP contribution in [0.5, 0.6) is 0 Å². The molecule has 3 fully saturated rings. The topological polar surface area (TPSA) is 92.6 Å². The molecule has 1 aromatic heterocycles. The maximum absolute atomic E-state index is 13.7. The molecular weight excluding hydrogens is 464 g/mol. The molecule has 2 heterocycles. The summed E-state index contributed by atoms with van der Waals surface area (Å²) >= 11 is 0. The molecule has 1 aromatic carbocycles. The van der Waals surface area contributed by atoms with E-state index in [2.05, 4.69) is 64.5 Å². The molecule has 2 saturated carbocycles. The Morgan fingerprint density at radius 3 is 2.46 bits per heavy atom. The predicted octanol–water partition coefficient (Wildman–Crippen LogP) is 4.20. The third kappa shape index (κ3) is 4.80. The van der Waals surface area contributed by atoms with Crippen LogP contribution in [-0.2, 0) is 10.3 Å². The molecule has 0 unspecified atom stereocenters. The first-order valence-corrected chi connectivity index (χ1v) is 13.3. The fourth-order valence-corrected chi connectivity index (χ4v) is 6.43. The highest BCUT2D eigenvalue weighted by Gasteiger charge is 2.55. The van der Waals surface area contributed by atoms with Gasteiger partial charge < -0.3 is 15.1 Å². The van der Waals surface area contributed by atoms with Gasteiger partial charge in [0, 0.05) is 18.6 Å². The number of anilines is 1. The van der Waals surface area contributed by atoms with Crippen LogP contribution in [0, 0.1) is 17.2 Å². The number of rotatable bonds is 7. The van der Waals surface area contributed by atoms with Crippen LogP contribution >= 0.6 is 0 Å². The van der Waals surface area contributed by atoms with Gasteiger partial charge in [0.25, 0.3) is 0 Å². The second-order valence-electron chi connectivity index (χ2n) is 11.1. The fraction of sp³-hybridized carbons (Fsp3) is 0.517. The smallest absolute Gasteiger partial charge is 0.317 e. The van der Waals surface area contributed by atoms with Crippen molar-refractivity contribution >= 4 is 17.8 Å². The summed E-state index contributed by atoms with van der Waals surface area (Å²) < 4.78 is 0. The highest BCUT2D eigenvalue weighted by Crippen LogP contribution is 2.49. The number of pyridine rings is 1. The van der Waals surface area contributed by atoms with Crippen molar-refractivity contribution in [2.45, 2.75) is 56.0 Å². The molecule has 2 aliphatic carbocycles. The Morgan fingerprint density at radius 2 is 1.84 bits per heavy atom. The minimum atomic E-state index is -0.292. The first-order valence-electron chi connectivity index (χ1n) is 13.3. The van der Waals surface area contributed by atoms with Crippen LogP contribution < -0.4 is 5.32 Å². The lowest BCUT2D eigenvalue weighted by atomic mass is 9.68. The second-order valence-corrected chi connectivity index (χ2v) is 11.1. The Balaban J connectivity index is 1.34. The Labute approximate surface area is 219 Å². The van der Waals surface area contributed by atoms with Gasteiger partial charge in [0.1, 0.15) is 24.1 Å². The number of nitrogens with zero attached hydrogens (tertiary/aromatic N) is 5. The van der Waals surface area contributed by atoms with Gasteiger partial charge in [0.05, 0.1) is 5.54 Å². The summed E-state index contributed by atoms with van der Waals surface area (Å²) in [5.41, 5.74) is 1.26. The summed E-state index contributed by atoms with van der Waals surface area (Å²) in [6.45, 7) is 1.33. The number of benzene rings is 1. The van der Waals surface area contributed by atoms with Crippen molar-refractivity contribution in [3.63, 3.8) is 0 Å². The monoisotopic (exact) mass is 500 g/mol. The largest absolute Gasteiger partial charge is 0.321 e. The molecule has 0 radical (unpaired) electrons. The SMILES string of the molecule is CN(C)C1(c2ccccc2)CCC2(CC1)CN(CC(=O)Nc1cccc(C#N)n1)C(=O)N2CC1CCC1. The van der Waals surface area contributed by atoms with Crippen LogP contribution in [0.2, 0.25) is 0 Å². The number of carbonyl (C=O) groups excluding carboxylic acids is 2. The maximum Gasteiger partial charge on any atom is 0.321 e. The molecular formula is C29H36N6O2. The van der Waals surface area contributed by atoms with Gasteiger partial charge in [-0.15, -0.1) is 0 Å². The molecule has 3 amide bonds. The molecule has 0 atom stereocenters. The zero-order valence-electron chi connectivity index (χ0n) is 21.8. The highest BCUT2D eigenvalue weighted by atomic mass is 16.2. The fourth-order valence-electron chi connectivity index (χ4n) is 6.43. The third-order valence-electron chi connectivity index (χ3n) is 8.87. The number of aromatic nitrogens is 1. The summed E-state index contributed by atoms with van der Waals surface area (Å²) in [4.78, 5) is 36.9. The number of hydrogen-bond donors (Lipinski definition) is 1. The zero-order valence-corrected chi connectivity index (χ0v) is 21.8. The van der Waals surface area contributed by atoms with E-state index in [1.165, 1.54) is 24.8 Å². The minimum absolute atomic E-state index is 0.0162. The lowest BCUT2D eigenvalue weighted by Gasteiger charge is -2.51. The molecule has 8 heteroatoms. The highest BCUT2D eigenvalue weighted by molar-refractivity contribution is 5.94. The van der Waals surface area contributed by atoms with E-state index in [0.29, 0.717) is 18.3 Å². The predicted molar refractivity (Wildman–Crippen MR) is 142 cm³/mol. The molecule has 194 valence electrons. The molecule has 1 spiro atoms. The molecule has 1 saturated heterocycles. The average molecular weight is 501 g/mol. The van der Waals surface area contributed by atoms with Gasteiger partial charge in [0.2, 0.25) is 5.91 Å². The van der Waals surface area contributed by atoms with E-state index in [-0.39, 0.29) is 35.3 Å². The molecule has 2 aromatic rings. The third-order valence-corrected chi connectivity index (χ3v) is 8.87. The molecule has 3 aliphatic rings. The van der Waals surface area contributed by atoms with Crippen LogP contribution in [0.25, 0.3) is 0 Å². The van der Waals surface area contributed by atoms with Crippen molar-refractivity contribution < 1.29 is 9.59 Å². The van der Waals surface area contributed by atoms with Crippen LogP contribution in [-0.4, -0.2) is 70.9 Å². The molecule has 37 heavy (non-hydrogen) atoms. The van der Waals surface area contributed by atoms with Crippen LogP contribution in [0.4, 0.5) is 10.6 Å². The van der Waals surface area contributed by atoms with Crippen molar-refractivity contribution in [2.24, 2.45) is 5.92 Å². The van der Waals surface area contributed by atoms with E-state index in [1.807, 2.05) is 6.07 Å². The number of nitriles is 1. The number of urea groups is 1. The molecule has 1 aliphatic heterocycles. The average Bonchev–Trinajstić information content (AvgIpc) is 3.12. The van der Waals surface area contributed by atoms with E-state index in [9.17, 15) is 9.59 Å². The number of carbonyl (C=O) groups is 2. The van der Waals surface area contributed by atoms with Crippen molar-refractivity contribution in [3.8, 4) is 6.07 Å². The van der Waals surface area contributed by atoms with E-state index in [4.69, 9.17) is 5.26 Å². The van der Waals surface area contributed by atoms with Crippen LogP contribution in [0.15, 0.2) is 48.5 Å². The van der Waals surface area contributed by atoms with Gasteiger partial charge in [-0.3, -0.25) is 9.69 Å². The van der Waals surface area contributed by atoms with Gasteiger partial charge in [-0.2, -0.15) is 5.26 Å². The number of amides is 3. The normalized spacial score (nSPS) is 25.8. The molecule has 5 rings (SSSR count). The van der Waals surface area contributed by atoms with Crippen molar-refractivity contribution in [3.05, 3.63) is 59.8 Å². The molecule has 8 nitrogen and oxygen atoms in total. The standard InChI is InChI=1S/C29H36N6O2/c1-33(2)29(23-10-4-3-5-11-23)16-14-28(15-17-29)21-34(27(37)35(28)19-22-8-6-9-22)20-26(36)32-25-13-7-12-24(18-30)31-25/h3-5,7,10-13,22H,6,8-9,14-17,19-21H2,1-2H3,(H,31,32,36). The lowest BCUT2D eigenvalue weighted by Crippen LogP contribution is -2.56. The van der Waals surface area contributed by atoms with Crippen molar-refractivity contribution in [1.29, 1.82) is 5.26 Å². The Hall–Kier alpha value is -3.44. The van der Waals surface area contributed by atoms with Gasteiger partial charge in [-0.1, -0.05) is 42.8 Å². The Morgan fingerprint density at radius 1 is 1.11 bits per heavy atom. The number of hydrogen-bond acceptors (Lipinski definition) is 5. The van der Waals surface area contributed by atoms with Crippen molar-refractivity contribution in [2.75, 3.05) is 39.0 Å².